The van der Waals surface area contributed by atoms with Crippen molar-refractivity contribution in [3.63, 3.8) is 0 Å². The Balaban J connectivity index is 2.04. The van der Waals surface area contributed by atoms with Crippen molar-refractivity contribution in [2.75, 3.05) is 0 Å². The number of ketones is 1. The molecule has 0 N–H and O–H groups in total. The van der Waals surface area contributed by atoms with E-state index in [2.05, 4.69) is 45.0 Å². The highest BCUT2D eigenvalue weighted by Crippen LogP contribution is 2.32. The van der Waals surface area contributed by atoms with Gasteiger partial charge in [0.1, 0.15) is 5.78 Å². The molecule has 104 valence electrons. The van der Waals surface area contributed by atoms with Crippen molar-refractivity contribution in [1.29, 1.82) is 0 Å². The van der Waals surface area contributed by atoms with Gasteiger partial charge in [0, 0.05) is 11.3 Å². The molecule has 1 aliphatic rings. The average molecular weight is 276 g/mol. The Morgan fingerprint density at radius 3 is 2.37 bits per heavy atom. The second-order valence-corrected chi connectivity index (χ2v) is 7.72. The number of carbonyl (C=O) groups excluding carboxylic acids is 1. The van der Waals surface area contributed by atoms with E-state index < -0.39 is 0 Å². The van der Waals surface area contributed by atoms with Gasteiger partial charge < -0.3 is 0 Å². The van der Waals surface area contributed by atoms with E-state index in [9.17, 15) is 4.79 Å². The monoisotopic (exact) mass is 276 g/mol. The first-order valence-electron chi connectivity index (χ1n) is 7.27. The zero-order valence-corrected chi connectivity index (χ0v) is 13.1. The Kier molecular flexibility index (Phi) is 4.72. The summed E-state index contributed by atoms with van der Waals surface area (Å²) in [5.41, 5.74) is 1.55. The zero-order chi connectivity index (χ0) is 13.9. The molecule has 1 aromatic rings. The average Bonchev–Trinajstić information content (AvgIpc) is 2.55. The van der Waals surface area contributed by atoms with E-state index in [-0.39, 0.29) is 10.7 Å². The lowest BCUT2D eigenvalue weighted by atomic mass is 9.87. The van der Waals surface area contributed by atoms with Gasteiger partial charge in [0.05, 0.1) is 5.25 Å². The molecule has 19 heavy (non-hydrogen) atoms. The molecular weight excluding hydrogens is 252 g/mol. The molecule has 1 unspecified atom stereocenters. The van der Waals surface area contributed by atoms with Crippen molar-refractivity contribution < 1.29 is 4.79 Å². The largest absolute Gasteiger partial charge is 0.298 e. The first-order chi connectivity index (χ1) is 8.97. The Morgan fingerprint density at radius 2 is 1.74 bits per heavy atom. The van der Waals surface area contributed by atoms with Gasteiger partial charge in [0.2, 0.25) is 0 Å². The van der Waals surface area contributed by atoms with Crippen LogP contribution in [0.2, 0.25) is 0 Å². The third-order valence-corrected chi connectivity index (χ3v) is 5.07. The molecule has 0 saturated heterocycles. The minimum absolute atomic E-state index is 0.183. The van der Waals surface area contributed by atoms with Crippen molar-refractivity contribution >= 4 is 17.5 Å². The van der Waals surface area contributed by atoms with Crippen molar-refractivity contribution in [2.24, 2.45) is 0 Å². The van der Waals surface area contributed by atoms with Crippen LogP contribution in [-0.4, -0.2) is 11.0 Å². The van der Waals surface area contributed by atoms with E-state index in [1.807, 2.05) is 0 Å². The quantitative estimate of drug-likeness (QED) is 0.709. The lowest BCUT2D eigenvalue weighted by Gasteiger charge is -2.19. The molecule has 1 fully saturated rings. The summed E-state index contributed by atoms with van der Waals surface area (Å²) in [6, 6.07) is 8.74. The van der Waals surface area contributed by atoms with Crippen LogP contribution in [0, 0.1) is 0 Å². The summed E-state index contributed by atoms with van der Waals surface area (Å²) in [5.74, 6) is 0.447. The maximum absolute atomic E-state index is 12.0. The number of hydrogen-bond acceptors (Lipinski definition) is 2. The van der Waals surface area contributed by atoms with Crippen molar-refractivity contribution in [3.8, 4) is 0 Å². The van der Waals surface area contributed by atoms with Crippen LogP contribution in [0.4, 0.5) is 0 Å². The maximum Gasteiger partial charge on any atom is 0.146 e. The lowest BCUT2D eigenvalue weighted by Crippen LogP contribution is -2.14. The molecular formula is C17H24OS. The number of hydrogen-bond donors (Lipinski definition) is 0. The lowest BCUT2D eigenvalue weighted by molar-refractivity contribution is -0.118. The smallest absolute Gasteiger partial charge is 0.146 e. The zero-order valence-electron chi connectivity index (χ0n) is 12.2. The molecule has 2 rings (SSSR count). The molecule has 1 aromatic carbocycles. The topological polar surface area (TPSA) is 17.1 Å². The highest BCUT2D eigenvalue weighted by atomic mass is 32.2. The Bertz CT molecular complexity index is 428. The van der Waals surface area contributed by atoms with Crippen LogP contribution in [0.15, 0.2) is 29.2 Å². The SMILES string of the molecule is CC(C)(C)c1ccc(SC2CCCCCC2=O)cc1. The first kappa shape index (κ1) is 14.6. The second-order valence-electron chi connectivity index (χ2n) is 6.45. The van der Waals surface area contributed by atoms with E-state index in [1.54, 1.807) is 11.8 Å². The molecule has 0 heterocycles. The third-order valence-electron chi connectivity index (χ3n) is 3.75. The number of thioether (sulfide) groups is 1. The highest BCUT2D eigenvalue weighted by Gasteiger charge is 2.22. The van der Waals surface area contributed by atoms with Crippen LogP contribution in [-0.2, 0) is 10.2 Å². The minimum Gasteiger partial charge on any atom is -0.298 e. The molecule has 0 bridgehead atoms. The van der Waals surface area contributed by atoms with Crippen LogP contribution in [0.3, 0.4) is 0 Å². The van der Waals surface area contributed by atoms with Crippen LogP contribution in [0.25, 0.3) is 0 Å². The molecule has 1 atom stereocenters. The molecule has 0 amide bonds. The molecule has 1 saturated carbocycles. The van der Waals surface area contributed by atoms with Crippen LogP contribution in [0.5, 0.6) is 0 Å². The van der Waals surface area contributed by atoms with Gasteiger partial charge in [-0.1, -0.05) is 45.7 Å². The fraction of sp³-hybridized carbons (Fsp3) is 0.588. The maximum atomic E-state index is 12.0. The predicted molar refractivity (Wildman–Crippen MR) is 82.9 cm³/mol. The van der Waals surface area contributed by atoms with E-state index in [1.165, 1.54) is 23.3 Å². The van der Waals surface area contributed by atoms with Gasteiger partial charge in [-0.25, -0.2) is 0 Å². The van der Waals surface area contributed by atoms with Crippen molar-refractivity contribution in [2.45, 2.75) is 68.4 Å². The Morgan fingerprint density at radius 1 is 1.05 bits per heavy atom. The first-order valence-corrected chi connectivity index (χ1v) is 8.15. The van der Waals surface area contributed by atoms with E-state index in [0.717, 1.165) is 19.3 Å². The van der Waals surface area contributed by atoms with Gasteiger partial charge in [0.25, 0.3) is 0 Å². The number of rotatable bonds is 2. The fourth-order valence-electron chi connectivity index (χ4n) is 2.45. The van der Waals surface area contributed by atoms with Gasteiger partial charge in [-0.05, 0) is 36.0 Å². The Labute approximate surface area is 121 Å². The summed E-state index contributed by atoms with van der Waals surface area (Å²) in [7, 11) is 0. The molecule has 0 aliphatic heterocycles. The molecule has 0 radical (unpaired) electrons. The summed E-state index contributed by atoms with van der Waals surface area (Å²) in [6.45, 7) is 6.68. The predicted octanol–water partition coefficient (Wildman–Crippen LogP) is 4.98. The van der Waals surface area contributed by atoms with E-state index in [4.69, 9.17) is 0 Å². The summed E-state index contributed by atoms with van der Waals surface area (Å²) in [6.07, 6.45) is 5.32. The van der Waals surface area contributed by atoms with E-state index in [0.29, 0.717) is 5.78 Å². The van der Waals surface area contributed by atoms with Crippen molar-refractivity contribution in [1.82, 2.24) is 0 Å². The number of benzene rings is 1. The Hall–Kier alpha value is -0.760. The van der Waals surface area contributed by atoms with Gasteiger partial charge in [-0.3, -0.25) is 4.79 Å². The normalized spacial score (nSPS) is 21.2. The molecule has 2 heteroatoms. The fourth-order valence-corrected chi connectivity index (χ4v) is 3.61. The van der Waals surface area contributed by atoms with Crippen LogP contribution < -0.4 is 0 Å². The summed E-state index contributed by atoms with van der Waals surface area (Å²) >= 11 is 1.76. The summed E-state index contributed by atoms with van der Waals surface area (Å²) in [4.78, 5) is 13.3. The third kappa shape index (κ3) is 4.10. The van der Waals surface area contributed by atoms with Gasteiger partial charge in [-0.15, -0.1) is 11.8 Å². The molecule has 1 nitrogen and oxygen atoms in total. The minimum atomic E-state index is 0.183. The highest BCUT2D eigenvalue weighted by molar-refractivity contribution is 8.00. The van der Waals surface area contributed by atoms with E-state index >= 15 is 0 Å². The van der Waals surface area contributed by atoms with Gasteiger partial charge >= 0.3 is 0 Å². The van der Waals surface area contributed by atoms with Crippen molar-refractivity contribution in [3.05, 3.63) is 29.8 Å². The standard InChI is InChI=1S/C17H24OS/c1-17(2,3)13-9-11-14(12-10-13)19-16-8-6-4-5-7-15(16)18/h9-12,16H,4-8H2,1-3H3. The van der Waals surface area contributed by atoms with Crippen LogP contribution in [0.1, 0.15) is 58.4 Å². The second kappa shape index (κ2) is 6.13. The van der Waals surface area contributed by atoms with Gasteiger partial charge in [0.15, 0.2) is 0 Å². The number of Topliss-reactive ketones (excluding diaryl/α,β-unsaturated/α-hetero) is 1. The molecule has 0 aromatic heterocycles. The molecule has 0 spiro atoms. The molecule has 1 aliphatic carbocycles. The van der Waals surface area contributed by atoms with Crippen LogP contribution >= 0.6 is 11.8 Å². The van der Waals surface area contributed by atoms with Gasteiger partial charge in [-0.2, -0.15) is 0 Å². The summed E-state index contributed by atoms with van der Waals surface area (Å²) < 4.78 is 0. The summed E-state index contributed by atoms with van der Waals surface area (Å²) in [5, 5.41) is 0.183. The number of carbonyl (C=O) groups is 1.